The first kappa shape index (κ1) is 21.2. The Morgan fingerprint density at radius 1 is 0.912 bits per heavy atom. The molecule has 0 radical (unpaired) electrons. The van der Waals surface area contributed by atoms with Crippen LogP contribution in [0.5, 0.6) is 0 Å². The van der Waals surface area contributed by atoms with Crippen molar-refractivity contribution in [2.45, 2.75) is 0 Å². The van der Waals surface area contributed by atoms with Gasteiger partial charge in [0.2, 0.25) is 0 Å². The maximum Gasteiger partial charge on any atom is 0.178 e. The van der Waals surface area contributed by atoms with Crippen molar-refractivity contribution >= 4 is 51.4 Å². The van der Waals surface area contributed by atoms with Crippen LogP contribution < -0.4 is 20.9 Å². The Morgan fingerprint density at radius 2 is 1.53 bits per heavy atom. The second-order valence-corrected chi connectivity index (χ2v) is 8.25. The van der Waals surface area contributed by atoms with Crippen LogP contribution in [-0.4, -0.2) is 64.8 Å². The molecule has 11 nitrogen and oxygen atoms in total. The van der Waals surface area contributed by atoms with Crippen molar-refractivity contribution in [3.05, 3.63) is 60.6 Å². The van der Waals surface area contributed by atoms with E-state index in [1.54, 1.807) is 15.1 Å². The average Bonchev–Trinajstić information content (AvgIpc) is 3.36. The van der Waals surface area contributed by atoms with Gasteiger partial charge in [-0.05, 0) is 30.3 Å². The molecule has 34 heavy (non-hydrogen) atoms. The SMILES string of the molecule is CN(C)c1nn2ccccc2c1N=C1N=C(Nc2c(N(C)C)nn3ccccc23)C(=N)C=C1N. The van der Waals surface area contributed by atoms with Crippen molar-refractivity contribution in [3.8, 4) is 0 Å². The number of aromatic nitrogens is 4. The molecule has 11 heteroatoms. The molecule has 0 fully saturated rings. The summed E-state index contributed by atoms with van der Waals surface area (Å²) in [5.74, 6) is 2.05. The Labute approximate surface area is 196 Å². The predicted molar refractivity (Wildman–Crippen MR) is 137 cm³/mol. The average molecular weight is 456 g/mol. The molecular weight excluding hydrogens is 430 g/mol. The van der Waals surface area contributed by atoms with Gasteiger partial charge in [0.25, 0.3) is 0 Å². The summed E-state index contributed by atoms with van der Waals surface area (Å²) in [5.41, 5.74) is 9.80. The number of rotatable bonds is 4. The van der Waals surface area contributed by atoms with Gasteiger partial charge in [0.05, 0.1) is 22.4 Å². The van der Waals surface area contributed by atoms with E-state index in [-0.39, 0.29) is 5.71 Å². The molecular formula is C23H25N11. The first-order valence-electron chi connectivity index (χ1n) is 10.6. The van der Waals surface area contributed by atoms with Crippen molar-refractivity contribution < 1.29 is 0 Å². The minimum absolute atomic E-state index is 0.157. The molecule has 0 amide bonds. The van der Waals surface area contributed by atoms with Crippen LogP contribution in [-0.2, 0) is 0 Å². The molecule has 0 atom stereocenters. The number of nitrogens with two attached hydrogens (primary N) is 1. The maximum atomic E-state index is 8.48. The number of hydrogen-bond donors (Lipinski definition) is 3. The van der Waals surface area contributed by atoms with Gasteiger partial charge in [-0.25, -0.2) is 19.0 Å². The monoisotopic (exact) mass is 455 g/mol. The Hall–Kier alpha value is -4.67. The lowest BCUT2D eigenvalue weighted by molar-refractivity contribution is 0.930. The number of nitrogens with zero attached hydrogens (tertiary/aromatic N) is 8. The molecule has 4 aromatic heterocycles. The highest BCUT2D eigenvalue weighted by molar-refractivity contribution is 6.52. The molecule has 0 saturated heterocycles. The van der Waals surface area contributed by atoms with E-state index in [4.69, 9.17) is 16.1 Å². The van der Waals surface area contributed by atoms with E-state index < -0.39 is 0 Å². The zero-order valence-electron chi connectivity index (χ0n) is 19.4. The van der Waals surface area contributed by atoms with Gasteiger partial charge in [-0.15, -0.1) is 10.2 Å². The number of nitrogens with one attached hydrogen (secondary N) is 2. The molecule has 0 aromatic carbocycles. The molecule has 5 rings (SSSR count). The summed E-state index contributed by atoms with van der Waals surface area (Å²) in [6.07, 6.45) is 5.29. The third-order valence-electron chi connectivity index (χ3n) is 5.36. The molecule has 1 aliphatic heterocycles. The Morgan fingerprint density at radius 3 is 2.21 bits per heavy atom. The number of pyridine rings is 2. The van der Waals surface area contributed by atoms with Crippen molar-refractivity contribution in [1.82, 2.24) is 19.2 Å². The zero-order chi connectivity index (χ0) is 24.0. The van der Waals surface area contributed by atoms with Crippen molar-refractivity contribution in [2.24, 2.45) is 15.7 Å². The first-order chi connectivity index (χ1) is 16.3. The highest BCUT2D eigenvalue weighted by Gasteiger charge is 2.22. The summed E-state index contributed by atoms with van der Waals surface area (Å²) in [5, 5.41) is 21.0. The smallest absolute Gasteiger partial charge is 0.178 e. The van der Waals surface area contributed by atoms with E-state index in [1.807, 2.05) is 86.8 Å². The minimum Gasteiger partial charge on any atom is -0.396 e. The van der Waals surface area contributed by atoms with E-state index >= 15 is 0 Å². The second-order valence-electron chi connectivity index (χ2n) is 8.25. The van der Waals surface area contributed by atoms with Gasteiger partial charge in [-0.3, -0.25) is 5.41 Å². The van der Waals surface area contributed by atoms with Crippen molar-refractivity contribution in [1.29, 1.82) is 5.41 Å². The van der Waals surface area contributed by atoms with Crippen LogP contribution in [0, 0.1) is 5.41 Å². The van der Waals surface area contributed by atoms with Gasteiger partial charge in [0.1, 0.15) is 11.4 Å². The fourth-order valence-electron chi connectivity index (χ4n) is 3.73. The summed E-state index contributed by atoms with van der Waals surface area (Å²) in [4.78, 5) is 13.2. The lowest BCUT2D eigenvalue weighted by Gasteiger charge is -2.17. The zero-order valence-corrected chi connectivity index (χ0v) is 19.4. The predicted octanol–water partition coefficient (Wildman–Crippen LogP) is 2.53. The van der Waals surface area contributed by atoms with Gasteiger partial charge in [0.15, 0.2) is 23.3 Å². The summed E-state index contributed by atoms with van der Waals surface area (Å²) in [6.45, 7) is 0. The number of amidine groups is 2. The standard InChI is InChI=1S/C23H25N11/c1-31(2)22-18(16-9-5-7-11-33(16)29-22)26-20-14(24)13-15(25)21(28-20)27-19-17-10-6-8-12-34(17)30-23(19)32(3)4/h5-13,24H,25H2,1-4H3,(H,26,27,28). The topological polar surface area (TPSA) is 128 Å². The second kappa shape index (κ2) is 8.03. The molecule has 0 saturated carbocycles. The van der Waals surface area contributed by atoms with Crippen molar-refractivity contribution in [3.63, 3.8) is 0 Å². The van der Waals surface area contributed by atoms with Gasteiger partial charge in [0, 0.05) is 40.6 Å². The van der Waals surface area contributed by atoms with Crippen molar-refractivity contribution in [2.75, 3.05) is 43.3 Å². The van der Waals surface area contributed by atoms with Gasteiger partial charge in [-0.2, -0.15) is 0 Å². The number of fused-ring (bicyclic) bond motifs is 2. The Kier molecular flexibility index (Phi) is 5.01. The van der Waals surface area contributed by atoms with E-state index in [9.17, 15) is 0 Å². The highest BCUT2D eigenvalue weighted by atomic mass is 15.3. The first-order valence-corrected chi connectivity index (χ1v) is 10.6. The van der Waals surface area contributed by atoms with Gasteiger partial charge in [-0.1, -0.05) is 12.1 Å². The number of anilines is 3. The van der Waals surface area contributed by atoms with Crippen LogP contribution in [0.2, 0.25) is 0 Å². The molecule has 0 aliphatic carbocycles. The molecule has 0 bridgehead atoms. The molecule has 4 aromatic rings. The Bertz CT molecular complexity index is 1510. The van der Waals surface area contributed by atoms with Gasteiger partial charge < -0.3 is 20.9 Å². The molecule has 5 heterocycles. The summed E-state index contributed by atoms with van der Waals surface area (Å²) in [6, 6.07) is 11.6. The maximum absolute atomic E-state index is 8.48. The van der Waals surface area contributed by atoms with Crippen LogP contribution in [0.15, 0.2) is 70.5 Å². The van der Waals surface area contributed by atoms with Crippen LogP contribution in [0.1, 0.15) is 0 Å². The number of aliphatic imine (C=N–C) groups is 2. The number of dihydropyridines is 1. The number of hydrogen-bond acceptors (Lipinski definition) is 8. The van der Waals surface area contributed by atoms with Crippen LogP contribution in [0.25, 0.3) is 11.0 Å². The fraction of sp³-hybridized carbons (Fsp3) is 0.174. The van der Waals surface area contributed by atoms with E-state index in [0.717, 1.165) is 22.5 Å². The third-order valence-corrected chi connectivity index (χ3v) is 5.36. The van der Waals surface area contributed by atoms with E-state index in [1.165, 1.54) is 0 Å². The minimum atomic E-state index is 0.157. The molecule has 0 spiro atoms. The molecule has 172 valence electrons. The lowest BCUT2D eigenvalue weighted by atomic mass is 10.2. The Balaban J connectivity index is 1.62. The molecule has 4 N–H and O–H groups in total. The molecule has 0 unspecified atom stereocenters. The summed E-state index contributed by atoms with van der Waals surface area (Å²) < 4.78 is 3.55. The molecule has 1 aliphatic rings. The lowest BCUT2D eigenvalue weighted by Crippen LogP contribution is -2.30. The van der Waals surface area contributed by atoms with Crippen LogP contribution in [0.4, 0.5) is 23.0 Å². The largest absolute Gasteiger partial charge is 0.396 e. The van der Waals surface area contributed by atoms with E-state index in [2.05, 4.69) is 20.5 Å². The van der Waals surface area contributed by atoms with Crippen LogP contribution in [0.3, 0.4) is 0 Å². The normalized spacial score (nSPS) is 15.1. The van der Waals surface area contributed by atoms with Gasteiger partial charge >= 0.3 is 0 Å². The fourth-order valence-corrected chi connectivity index (χ4v) is 3.73. The highest BCUT2D eigenvalue weighted by Crippen LogP contribution is 2.33. The third kappa shape index (κ3) is 3.52. The summed E-state index contributed by atoms with van der Waals surface area (Å²) >= 11 is 0. The van der Waals surface area contributed by atoms with E-state index in [0.29, 0.717) is 28.9 Å². The van der Waals surface area contributed by atoms with Crippen LogP contribution >= 0.6 is 0 Å². The summed E-state index contributed by atoms with van der Waals surface area (Å²) in [7, 11) is 7.65. The quantitative estimate of drug-likeness (QED) is 0.434.